The van der Waals surface area contributed by atoms with Crippen molar-refractivity contribution in [2.45, 2.75) is 19.1 Å². The molecule has 0 atom stereocenters. The monoisotopic (exact) mass is 230 g/mol. The Morgan fingerprint density at radius 2 is 1.71 bits per heavy atom. The van der Waals surface area contributed by atoms with Crippen LogP contribution in [0.1, 0.15) is 18.9 Å². The molecule has 0 aromatic heterocycles. The zero-order chi connectivity index (χ0) is 12.3. The van der Waals surface area contributed by atoms with Crippen LogP contribution in [0.5, 0.6) is 0 Å². The Kier molecular flexibility index (Phi) is 3.46. The van der Waals surface area contributed by atoms with Crippen molar-refractivity contribution in [2.24, 2.45) is 0 Å². The molecular formula is C15H18O2. The molecule has 1 aromatic carbocycles. The van der Waals surface area contributed by atoms with Crippen molar-refractivity contribution in [3.8, 4) is 0 Å². The minimum atomic E-state index is -0.652. The number of hydrogen-bond acceptors (Lipinski definition) is 2. The molecule has 0 spiro atoms. The van der Waals surface area contributed by atoms with E-state index in [4.69, 9.17) is 9.47 Å². The summed E-state index contributed by atoms with van der Waals surface area (Å²) in [5.74, 6) is -0.652. The Labute approximate surface area is 103 Å². The van der Waals surface area contributed by atoms with Crippen molar-refractivity contribution in [3.63, 3.8) is 0 Å². The van der Waals surface area contributed by atoms with E-state index in [2.05, 4.69) is 31.2 Å². The SMILES string of the molecule is COC1(OC)CC=C(C)C=C1c1ccccc1. The van der Waals surface area contributed by atoms with E-state index in [1.165, 1.54) is 5.57 Å². The van der Waals surface area contributed by atoms with Crippen LogP contribution in [-0.2, 0) is 9.47 Å². The molecule has 2 nitrogen and oxygen atoms in total. The minimum absolute atomic E-state index is 0.652. The van der Waals surface area contributed by atoms with Crippen LogP contribution in [0.2, 0.25) is 0 Å². The van der Waals surface area contributed by atoms with Crippen LogP contribution in [0.25, 0.3) is 5.57 Å². The van der Waals surface area contributed by atoms with Gasteiger partial charge >= 0.3 is 0 Å². The van der Waals surface area contributed by atoms with E-state index >= 15 is 0 Å². The molecule has 0 saturated heterocycles. The molecule has 2 rings (SSSR count). The van der Waals surface area contributed by atoms with Crippen LogP contribution in [-0.4, -0.2) is 20.0 Å². The maximum Gasteiger partial charge on any atom is 0.198 e. The molecule has 0 fully saturated rings. The summed E-state index contributed by atoms with van der Waals surface area (Å²) in [6.45, 7) is 2.10. The fourth-order valence-electron chi connectivity index (χ4n) is 2.19. The molecule has 1 aliphatic carbocycles. The van der Waals surface area contributed by atoms with Gasteiger partial charge in [0, 0.05) is 26.2 Å². The van der Waals surface area contributed by atoms with E-state index in [1.54, 1.807) is 14.2 Å². The topological polar surface area (TPSA) is 18.5 Å². The molecule has 0 N–H and O–H groups in total. The molecule has 0 heterocycles. The zero-order valence-corrected chi connectivity index (χ0v) is 10.6. The van der Waals surface area contributed by atoms with Gasteiger partial charge in [0.2, 0.25) is 0 Å². The van der Waals surface area contributed by atoms with Crippen LogP contribution in [0.4, 0.5) is 0 Å². The predicted octanol–water partition coefficient (Wildman–Crippen LogP) is 3.41. The number of methoxy groups -OCH3 is 2. The Morgan fingerprint density at radius 3 is 2.29 bits per heavy atom. The van der Waals surface area contributed by atoms with Gasteiger partial charge in [-0.25, -0.2) is 0 Å². The van der Waals surface area contributed by atoms with Crippen LogP contribution in [0.15, 0.2) is 48.1 Å². The summed E-state index contributed by atoms with van der Waals surface area (Å²) in [6.07, 6.45) is 5.01. The number of rotatable bonds is 3. The highest BCUT2D eigenvalue weighted by molar-refractivity contribution is 5.74. The molecule has 0 amide bonds. The lowest BCUT2D eigenvalue weighted by molar-refractivity contribution is -0.159. The Bertz CT molecular complexity index is 439. The van der Waals surface area contributed by atoms with Gasteiger partial charge in [0.15, 0.2) is 5.79 Å². The van der Waals surface area contributed by atoms with Gasteiger partial charge in [0.25, 0.3) is 0 Å². The van der Waals surface area contributed by atoms with Crippen molar-refractivity contribution >= 4 is 5.57 Å². The van der Waals surface area contributed by atoms with Crippen molar-refractivity contribution in [2.75, 3.05) is 14.2 Å². The maximum atomic E-state index is 5.61. The largest absolute Gasteiger partial charge is 0.349 e. The quantitative estimate of drug-likeness (QED) is 0.741. The van der Waals surface area contributed by atoms with E-state index in [1.807, 2.05) is 18.2 Å². The fourth-order valence-corrected chi connectivity index (χ4v) is 2.19. The molecule has 2 heteroatoms. The lowest BCUT2D eigenvalue weighted by atomic mass is 9.88. The number of benzene rings is 1. The lowest BCUT2D eigenvalue weighted by Gasteiger charge is -2.35. The smallest absolute Gasteiger partial charge is 0.198 e. The second kappa shape index (κ2) is 4.86. The summed E-state index contributed by atoms with van der Waals surface area (Å²) >= 11 is 0. The summed E-state index contributed by atoms with van der Waals surface area (Å²) < 4.78 is 11.2. The van der Waals surface area contributed by atoms with Crippen LogP contribution in [0.3, 0.4) is 0 Å². The van der Waals surface area contributed by atoms with E-state index in [0.29, 0.717) is 0 Å². The van der Waals surface area contributed by atoms with Gasteiger partial charge in [-0.1, -0.05) is 48.1 Å². The van der Waals surface area contributed by atoms with Crippen LogP contribution in [0, 0.1) is 0 Å². The third-order valence-electron chi connectivity index (χ3n) is 3.22. The van der Waals surface area contributed by atoms with E-state index in [9.17, 15) is 0 Å². The van der Waals surface area contributed by atoms with Gasteiger partial charge in [-0.3, -0.25) is 0 Å². The third-order valence-corrected chi connectivity index (χ3v) is 3.22. The molecular weight excluding hydrogens is 212 g/mol. The highest BCUT2D eigenvalue weighted by atomic mass is 16.7. The molecule has 0 unspecified atom stereocenters. The predicted molar refractivity (Wildman–Crippen MR) is 69.5 cm³/mol. The summed E-state index contributed by atoms with van der Waals surface area (Å²) in [6, 6.07) is 10.2. The number of ether oxygens (including phenoxy) is 2. The van der Waals surface area contributed by atoms with Crippen LogP contribution >= 0.6 is 0 Å². The van der Waals surface area contributed by atoms with E-state index in [0.717, 1.165) is 17.6 Å². The summed E-state index contributed by atoms with van der Waals surface area (Å²) in [7, 11) is 3.38. The summed E-state index contributed by atoms with van der Waals surface area (Å²) in [5, 5.41) is 0. The Morgan fingerprint density at radius 1 is 1.06 bits per heavy atom. The molecule has 0 saturated carbocycles. The molecule has 90 valence electrons. The maximum absolute atomic E-state index is 5.61. The summed E-state index contributed by atoms with van der Waals surface area (Å²) in [5.41, 5.74) is 3.47. The number of hydrogen-bond donors (Lipinski definition) is 0. The summed E-state index contributed by atoms with van der Waals surface area (Å²) in [4.78, 5) is 0. The molecule has 1 aromatic rings. The molecule has 1 aliphatic rings. The molecule has 0 radical (unpaired) electrons. The molecule has 0 bridgehead atoms. The first-order valence-corrected chi connectivity index (χ1v) is 5.76. The van der Waals surface area contributed by atoms with Crippen molar-refractivity contribution in [1.82, 2.24) is 0 Å². The van der Waals surface area contributed by atoms with Crippen molar-refractivity contribution in [3.05, 3.63) is 53.6 Å². The number of allylic oxidation sites excluding steroid dienone is 2. The Hall–Kier alpha value is -1.38. The van der Waals surface area contributed by atoms with Gasteiger partial charge in [-0.05, 0) is 12.5 Å². The van der Waals surface area contributed by atoms with Crippen molar-refractivity contribution < 1.29 is 9.47 Å². The average Bonchev–Trinajstić information content (AvgIpc) is 2.40. The van der Waals surface area contributed by atoms with Gasteiger partial charge in [0.1, 0.15) is 0 Å². The second-order valence-corrected chi connectivity index (χ2v) is 4.24. The first kappa shape index (κ1) is 12.1. The van der Waals surface area contributed by atoms with E-state index < -0.39 is 5.79 Å². The van der Waals surface area contributed by atoms with Crippen molar-refractivity contribution in [1.29, 1.82) is 0 Å². The highest BCUT2D eigenvalue weighted by Gasteiger charge is 2.36. The Balaban J connectivity index is 2.49. The van der Waals surface area contributed by atoms with Gasteiger partial charge in [-0.15, -0.1) is 0 Å². The highest BCUT2D eigenvalue weighted by Crippen LogP contribution is 2.38. The molecule has 17 heavy (non-hydrogen) atoms. The van der Waals surface area contributed by atoms with Gasteiger partial charge in [-0.2, -0.15) is 0 Å². The minimum Gasteiger partial charge on any atom is -0.349 e. The second-order valence-electron chi connectivity index (χ2n) is 4.24. The standard InChI is InChI=1S/C15H18O2/c1-12-9-10-15(16-2,17-3)14(11-12)13-7-5-4-6-8-13/h4-9,11H,10H2,1-3H3. The van der Waals surface area contributed by atoms with Crippen LogP contribution < -0.4 is 0 Å². The van der Waals surface area contributed by atoms with E-state index in [-0.39, 0.29) is 0 Å². The fraction of sp³-hybridized carbons (Fsp3) is 0.333. The average molecular weight is 230 g/mol. The lowest BCUT2D eigenvalue weighted by Crippen LogP contribution is -2.36. The van der Waals surface area contributed by atoms with Gasteiger partial charge < -0.3 is 9.47 Å². The first-order chi connectivity index (χ1) is 8.22. The molecule has 0 aliphatic heterocycles. The first-order valence-electron chi connectivity index (χ1n) is 5.76. The third kappa shape index (κ3) is 2.19. The normalized spacial score (nSPS) is 18.5. The van der Waals surface area contributed by atoms with Gasteiger partial charge in [0.05, 0.1) is 0 Å². The zero-order valence-electron chi connectivity index (χ0n) is 10.6.